The molecule has 0 atom stereocenters. The molecule has 3 heteroatoms. The summed E-state index contributed by atoms with van der Waals surface area (Å²) in [4.78, 5) is 11.7. The zero-order chi connectivity index (χ0) is 12.3. The zero-order valence-corrected chi connectivity index (χ0v) is 10.6. The van der Waals surface area contributed by atoms with Crippen molar-refractivity contribution < 1.29 is 9.18 Å². The molecular formula is C13H16ClFO. The molecule has 0 N–H and O–H groups in total. The summed E-state index contributed by atoms with van der Waals surface area (Å²) in [5.41, 5.74) is 0.346. The second kappa shape index (κ2) is 4.96. The highest BCUT2D eigenvalue weighted by Gasteiger charge is 2.20. The van der Waals surface area contributed by atoms with Crippen LogP contribution in [-0.2, 0) is 11.2 Å². The monoisotopic (exact) mass is 242 g/mol. The number of halogens is 2. The van der Waals surface area contributed by atoms with Crippen molar-refractivity contribution in [3.63, 3.8) is 0 Å². The van der Waals surface area contributed by atoms with Crippen molar-refractivity contribution in [1.29, 1.82) is 0 Å². The first-order chi connectivity index (χ1) is 7.32. The lowest BCUT2D eigenvalue weighted by molar-refractivity contribution is -0.126. The van der Waals surface area contributed by atoms with E-state index in [1.165, 1.54) is 6.07 Å². The van der Waals surface area contributed by atoms with Crippen LogP contribution in [0.1, 0.15) is 32.8 Å². The third-order valence-electron chi connectivity index (χ3n) is 2.49. The van der Waals surface area contributed by atoms with Crippen molar-refractivity contribution in [3.8, 4) is 0 Å². The van der Waals surface area contributed by atoms with Crippen molar-refractivity contribution in [1.82, 2.24) is 0 Å². The highest BCUT2D eigenvalue weighted by atomic mass is 35.5. The lowest BCUT2D eigenvalue weighted by Crippen LogP contribution is -2.20. The Hall–Kier alpha value is -0.890. The number of carbonyl (C=O) groups excluding carboxylic acids is 1. The molecule has 16 heavy (non-hydrogen) atoms. The van der Waals surface area contributed by atoms with E-state index in [2.05, 4.69) is 0 Å². The minimum atomic E-state index is -0.428. The average molecular weight is 243 g/mol. The van der Waals surface area contributed by atoms with Gasteiger partial charge < -0.3 is 0 Å². The van der Waals surface area contributed by atoms with Crippen molar-refractivity contribution in [2.24, 2.45) is 5.41 Å². The number of rotatable bonds is 3. The van der Waals surface area contributed by atoms with Crippen molar-refractivity contribution in [3.05, 3.63) is 34.6 Å². The first kappa shape index (κ1) is 13.2. The molecule has 0 aliphatic rings. The Morgan fingerprint density at radius 1 is 1.38 bits per heavy atom. The van der Waals surface area contributed by atoms with Crippen molar-refractivity contribution in [2.45, 2.75) is 33.6 Å². The molecule has 1 rings (SSSR count). The van der Waals surface area contributed by atoms with Crippen LogP contribution >= 0.6 is 11.6 Å². The van der Waals surface area contributed by atoms with E-state index < -0.39 is 5.82 Å². The molecule has 0 fully saturated rings. The van der Waals surface area contributed by atoms with Gasteiger partial charge in [0, 0.05) is 11.8 Å². The smallest absolute Gasteiger partial charge is 0.142 e. The Morgan fingerprint density at radius 2 is 2.00 bits per heavy atom. The van der Waals surface area contributed by atoms with Crippen LogP contribution in [0.5, 0.6) is 0 Å². The summed E-state index contributed by atoms with van der Waals surface area (Å²) in [5.74, 6) is -0.268. The number of benzene rings is 1. The molecule has 1 aromatic carbocycles. The molecule has 88 valence electrons. The predicted molar refractivity (Wildman–Crippen MR) is 64.2 cm³/mol. The summed E-state index contributed by atoms with van der Waals surface area (Å²) in [5, 5.41) is 0.129. The molecular weight excluding hydrogens is 227 g/mol. The van der Waals surface area contributed by atoms with Crippen LogP contribution in [0.25, 0.3) is 0 Å². The Bertz CT molecular complexity index is 393. The van der Waals surface area contributed by atoms with Crippen molar-refractivity contribution in [2.75, 3.05) is 0 Å². The molecule has 1 nitrogen and oxygen atoms in total. The summed E-state index contributed by atoms with van der Waals surface area (Å²) >= 11 is 5.80. The topological polar surface area (TPSA) is 17.1 Å². The number of carbonyl (C=O) groups is 1. The van der Waals surface area contributed by atoms with E-state index in [9.17, 15) is 9.18 Å². The van der Waals surface area contributed by atoms with Gasteiger partial charge in [0.05, 0.1) is 5.02 Å². The maximum Gasteiger partial charge on any atom is 0.142 e. The molecule has 0 spiro atoms. The lowest BCUT2D eigenvalue weighted by atomic mass is 9.87. The van der Waals surface area contributed by atoms with Gasteiger partial charge in [-0.2, -0.15) is 0 Å². The van der Waals surface area contributed by atoms with Gasteiger partial charge in [-0.3, -0.25) is 4.79 Å². The highest BCUT2D eigenvalue weighted by Crippen LogP contribution is 2.23. The Balaban J connectivity index is 2.69. The van der Waals surface area contributed by atoms with Gasteiger partial charge in [0.25, 0.3) is 0 Å². The fourth-order valence-electron chi connectivity index (χ4n) is 1.36. The normalized spacial score (nSPS) is 11.6. The van der Waals surface area contributed by atoms with E-state index in [4.69, 9.17) is 11.6 Å². The lowest BCUT2D eigenvalue weighted by Gasteiger charge is -2.16. The van der Waals surface area contributed by atoms with E-state index >= 15 is 0 Å². The van der Waals surface area contributed by atoms with Gasteiger partial charge in [-0.15, -0.1) is 0 Å². The van der Waals surface area contributed by atoms with Crippen LogP contribution in [0.2, 0.25) is 5.02 Å². The van der Waals surface area contributed by atoms with Gasteiger partial charge in [-0.25, -0.2) is 4.39 Å². The molecule has 0 bridgehead atoms. The minimum Gasteiger partial charge on any atom is -0.299 e. The van der Waals surface area contributed by atoms with Crippen LogP contribution < -0.4 is 0 Å². The number of aryl methyl sites for hydroxylation is 1. The van der Waals surface area contributed by atoms with E-state index in [-0.39, 0.29) is 16.2 Å². The Morgan fingerprint density at radius 3 is 2.56 bits per heavy atom. The largest absolute Gasteiger partial charge is 0.299 e. The first-order valence-electron chi connectivity index (χ1n) is 5.28. The van der Waals surface area contributed by atoms with E-state index in [1.54, 1.807) is 12.1 Å². The van der Waals surface area contributed by atoms with Gasteiger partial charge in [0.15, 0.2) is 0 Å². The van der Waals surface area contributed by atoms with Crippen LogP contribution in [-0.4, -0.2) is 5.78 Å². The fraction of sp³-hybridized carbons (Fsp3) is 0.462. The third kappa shape index (κ3) is 3.31. The quantitative estimate of drug-likeness (QED) is 0.782. The summed E-state index contributed by atoms with van der Waals surface area (Å²) in [6.45, 7) is 5.63. The molecule has 0 aliphatic carbocycles. The van der Waals surface area contributed by atoms with E-state index in [0.717, 1.165) is 0 Å². The van der Waals surface area contributed by atoms with E-state index in [1.807, 2.05) is 20.8 Å². The minimum absolute atomic E-state index is 0.129. The molecule has 0 aromatic heterocycles. The van der Waals surface area contributed by atoms with Crippen molar-refractivity contribution >= 4 is 17.4 Å². The molecule has 1 aromatic rings. The van der Waals surface area contributed by atoms with Crippen LogP contribution in [0.3, 0.4) is 0 Å². The number of Topliss-reactive ketones (excluding diaryl/α,β-unsaturated/α-hetero) is 1. The van der Waals surface area contributed by atoms with Crippen LogP contribution in [0, 0.1) is 11.2 Å². The summed E-state index contributed by atoms with van der Waals surface area (Å²) in [6, 6.07) is 4.68. The molecule has 0 heterocycles. The summed E-state index contributed by atoms with van der Waals surface area (Å²) < 4.78 is 13.1. The average Bonchev–Trinajstić information content (AvgIpc) is 2.18. The maximum atomic E-state index is 13.1. The van der Waals surface area contributed by atoms with Gasteiger partial charge >= 0.3 is 0 Å². The molecule has 0 saturated heterocycles. The van der Waals surface area contributed by atoms with Gasteiger partial charge in [0.2, 0.25) is 0 Å². The van der Waals surface area contributed by atoms with Crippen LogP contribution in [0.15, 0.2) is 18.2 Å². The number of hydrogen-bond donors (Lipinski definition) is 0. The third-order valence-corrected chi connectivity index (χ3v) is 2.91. The number of ketones is 1. The molecule has 0 amide bonds. The summed E-state index contributed by atoms with van der Waals surface area (Å²) in [7, 11) is 0. The van der Waals surface area contributed by atoms with Gasteiger partial charge in [0.1, 0.15) is 11.6 Å². The maximum absolute atomic E-state index is 13.1. The SMILES string of the molecule is CC(C)(C)C(=O)CCc1cccc(F)c1Cl. The molecule has 0 radical (unpaired) electrons. The standard InChI is InChI=1S/C13H16ClFO/c1-13(2,3)11(16)8-7-9-5-4-6-10(15)12(9)14/h4-6H,7-8H2,1-3H3. The molecule has 0 aliphatic heterocycles. The van der Waals surface area contributed by atoms with E-state index in [0.29, 0.717) is 18.4 Å². The molecule has 0 saturated carbocycles. The first-order valence-corrected chi connectivity index (χ1v) is 5.66. The van der Waals surface area contributed by atoms with Gasteiger partial charge in [-0.05, 0) is 18.1 Å². The number of hydrogen-bond acceptors (Lipinski definition) is 1. The second-order valence-corrected chi connectivity index (χ2v) is 5.26. The fourth-order valence-corrected chi connectivity index (χ4v) is 1.59. The Labute approximate surface area is 101 Å². The zero-order valence-electron chi connectivity index (χ0n) is 9.81. The summed E-state index contributed by atoms with van der Waals surface area (Å²) in [6.07, 6.45) is 0.888. The molecule has 0 unspecified atom stereocenters. The second-order valence-electron chi connectivity index (χ2n) is 4.89. The van der Waals surface area contributed by atoms with Crippen LogP contribution in [0.4, 0.5) is 4.39 Å². The highest BCUT2D eigenvalue weighted by molar-refractivity contribution is 6.31. The van der Waals surface area contributed by atoms with Gasteiger partial charge in [-0.1, -0.05) is 44.5 Å². The Kier molecular flexibility index (Phi) is 4.09. The predicted octanol–water partition coefficient (Wildman–Crippen LogP) is 4.03.